The summed E-state index contributed by atoms with van der Waals surface area (Å²) in [7, 11) is 0. The second-order valence-corrected chi connectivity index (χ2v) is 0.548. The van der Waals surface area contributed by atoms with E-state index in [-0.39, 0.29) is 21.1 Å². The minimum atomic E-state index is 0. The van der Waals surface area contributed by atoms with Crippen LogP contribution >= 0.6 is 0 Å². The summed E-state index contributed by atoms with van der Waals surface area (Å²) in [4.78, 5) is 49.4. The summed E-state index contributed by atoms with van der Waals surface area (Å²) in [5, 5.41) is 40.6. The molecule has 0 atom stereocenters. The van der Waals surface area contributed by atoms with Crippen LogP contribution in [0.15, 0.2) is 0 Å². The number of hydrogen-bond acceptors (Lipinski definition) is 6. The third-order valence-corrected chi connectivity index (χ3v) is 0. The van der Waals surface area contributed by atoms with E-state index < -0.39 is 0 Å². The summed E-state index contributed by atoms with van der Waals surface area (Å²) < 4.78 is 0. The molecule has 0 aromatic rings. The molecule has 19 heavy (non-hydrogen) atoms. The first kappa shape index (κ1) is 43.9. The molecular weight excluding hydrogens is 360 g/mol. The average molecular weight is 366 g/mol. The fourth-order valence-corrected chi connectivity index (χ4v) is 0. The minimum absolute atomic E-state index is 0. The Bertz CT molecular complexity index is 114. The van der Waals surface area contributed by atoms with Crippen molar-refractivity contribution in [2.24, 2.45) is 0 Å². The molecule has 114 valence electrons. The van der Waals surface area contributed by atoms with Crippen LogP contribution in [0.2, 0.25) is 0 Å². The van der Waals surface area contributed by atoms with Gasteiger partial charge in [-0.1, -0.05) is 38.8 Å². The topological polar surface area (TPSA) is 224 Å². The van der Waals surface area contributed by atoms with Crippen LogP contribution < -0.4 is 0 Å². The van der Waals surface area contributed by atoms with Crippen LogP contribution in [0.5, 0.6) is 0 Å². The van der Waals surface area contributed by atoms with Crippen LogP contribution in [-0.2, 0) is 49.8 Å². The normalized spacial score (nSPS) is 3.79. The van der Waals surface area contributed by atoms with Crippen LogP contribution in [-0.4, -0.2) is 69.5 Å². The molecule has 0 radical (unpaired) electrons. The van der Waals surface area contributed by atoms with Gasteiger partial charge in [-0.25, -0.2) is 0 Å². The van der Waals surface area contributed by atoms with Gasteiger partial charge in [-0.05, 0) is 0 Å². The van der Waals surface area contributed by atoms with Crippen LogP contribution in [0.4, 0.5) is 0 Å². The van der Waals surface area contributed by atoms with Gasteiger partial charge in [0.2, 0.25) is 0 Å². The molecule has 0 aliphatic heterocycles. The van der Waals surface area contributed by atoms with Crippen molar-refractivity contribution < 1.29 is 80.5 Å². The summed E-state index contributed by atoms with van der Waals surface area (Å²) in [6.07, 6.45) is 0. The van der Waals surface area contributed by atoms with E-state index in [0.717, 1.165) is 0 Å². The van der Waals surface area contributed by atoms with Crippen molar-refractivity contribution in [2.45, 2.75) is 0 Å². The Morgan fingerprint density at radius 3 is 0.368 bits per heavy atom. The summed E-state index contributed by atoms with van der Waals surface area (Å²) in [6, 6.07) is 0. The third-order valence-electron chi connectivity index (χ3n) is 0. The maximum Gasteiger partial charge on any atom is 0 e. The molecule has 0 aliphatic rings. The Hall–Kier alpha value is -2.49. The van der Waals surface area contributed by atoms with Crippen molar-refractivity contribution in [3.8, 4) is 0 Å². The van der Waals surface area contributed by atoms with Gasteiger partial charge in [0.15, 0.2) is 0 Å². The maximum atomic E-state index is 8.24. The molecule has 6 N–H and O–H groups in total. The zero-order valence-corrected chi connectivity index (χ0v) is 10.5. The largest absolute Gasteiger partial charge is 0.665 e. The molecule has 13 heteroatoms. The Morgan fingerprint density at radius 2 is 0.368 bits per heavy atom. The van der Waals surface area contributed by atoms with E-state index in [9.17, 15) is 0 Å². The second kappa shape index (κ2) is 265. The van der Waals surface area contributed by atoms with E-state index in [2.05, 4.69) is 0 Å². The molecule has 12 nitrogen and oxygen atoms in total. The number of rotatable bonds is 0. The van der Waals surface area contributed by atoms with Gasteiger partial charge in [-0.3, -0.25) is 0 Å². The first-order valence-corrected chi connectivity index (χ1v) is 2.57. The van der Waals surface area contributed by atoms with Gasteiger partial charge in [-0.2, -0.15) is 0 Å². The Kier molecular flexibility index (Phi) is 613. The fraction of sp³-hybridized carbons (Fsp3) is 0. The van der Waals surface area contributed by atoms with Crippen LogP contribution in [0, 0.1) is 0 Å². The maximum absolute atomic E-state index is 8.24. The Balaban J connectivity index is -0.0000000180. The fourth-order valence-electron chi connectivity index (χ4n) is 0. The van der Waals surface area contributed by atoms with Crippen LogP contribution in [0.3, 0.4) is 0 Å². The van der Waals surface area contributed by atoms with Crippen LogP contribution in [0.1, 0.15) is 0 Å². The molecule has 0 bridgehead atoms. The van der Waals surface area contributed by atoms with Crippen molar-refractivity contribution in [2.75, 3.05) is 0 Å². The van der Waals surface area contributed by atoms with E-state index in [1.807, 2.05) is 0 Å². The summed E-state index contributed by atoms with van der Waals surface area (Å²) >= 11 is 0. The zero-order valence-electron chi connectivity index (χ0n) is 8.54. The van der Waals surface area contributed by atoms with Gasteiger partial charge in [0.25, 0.3) is 0 Å². The first-order valence-electron chi connectivity index (χ1n) is 2.57. The van der Waals surface area contributed by atoms with Gasteiger partial charge in [0, 0.05) is 21.1 Å². The number of aliphatic hydroxyl groups excluding tert-OH is 6. The predicted octanol–water partition coefficient (Wildman–Crippen LogP) is -2.33. The predicted molar refractivity (Wildman–Crippen MR) is 49.9 cm³/mol. The van der Waals surface area contributed by atoms with E-state index in [1.54, 1.807) is 0 Å². The second-order valence-electron chi connectivity index (χ2n) is 0.548. The van der Waals surface area contributed by atoms with Crippen molar-refractivity contribution in [3.63, 3.8) is 0 Å². The molecule has 0 aromatic heterocycles. The quantitative estimate of drug-likeness (QED) is 0.196. The molecule has 0 rings (SSSR count). The zero-order chi connectivity index (χ0) is 16.2. The van der Waals surface area contributed by atoms with Crippen molar-refractivity contribution >= 4 is 38.8 Å². The van der Waals surface area contributed by atoms with E-state index in [4.69, 9.17) is 59.4 Å². The number of hydrogen-bond donors (Lipinski definition) is 6. The van der Waals surface area contributed by atoms with Gasteiger partial charge >= 0.3 is 0 Å². The van der Waals surface area contributed by atoms with E-state index in [0.29, 0.717) is 38.8 Å². The molecule has 0 unspecified atom stereocenters. The summed E-state index contributed by atoms with van der Waals surface area (Å²) in [6.45, 7) is 3.00. The molecule has 0 spiro atoms. The summed E-state index contributed by atoms with van der Waals surface area (Å²) in [5.41, 5.74) is 0. The van der Waals surface area contributed by atoms with Gasteiger partial charge in [-0.15, -0.1) is 0 Å². The molecule has 0 amide bonds. The molecule has 0 aliphatic carbocycles. The molecule has 0 saturated heterocycles. The monoisotopic (exact) mass is 368 g/mol. The first-order chi connectivity index (χ1) is 8.49. The Morgan fingerprint density at radius 1 is 0.368 bits per heavy atom. The van der Waals surface area contributed by atoms with Crippen molar-refractivity contribution in [1.82, 2.24) is 0 Å². The van der Waals surface area contributed by atoms with Crippen LogP contribution in [0.25, 0.3) is 0 Å². The molecule has 0 fully saturated rings. The van der Waals surface area contributed by atoms with E-state index >= 15 is 0 Å². The van der Waals surface area contributed by atoms with E-state index in [1.165, 1.54) is 0 Å². The molecule has 0 aromatic carbocycles. The molecule has 0 saturated carbocycles. The standard InChI is InChI=1S/6CHO2.Mo/c6*2-1-3;/h6*(H,2,3);/q6*-1;. The molecule has 0 heterocycles. The average Bonchev–Trinajstić information content (AvgIpc) is 2.23. The SMILES string of the molecule is O=[C-]O.O=[C-]O.O=[C-]O.O=[C-]O.O=[C-]O.O=[C-]O.[Mo]. The van der Waals surface area contributed by atoms with Crippen molar-refractivity contribution in [3.05, 3.63) is 0 Å². The smallest absolute Gasteiger partial charge is 0 e. The summed E-state index contributed by atoms with van der Waals surface area (Å²) in [5.74, 6) is 0. The van der Waals surface area contributed by atoms with Gasteiger partial charge in [0.05, 0.1) is 0 Å². The van der Waals surface area contributed by atoms with Crippen molar-refractivity contribution in [1.29, 1.82) is 0 Å². The van der Waals surface area contributed by atoms with Gasteiger partial charge < -0.3 is 59.4 Å². The third kappa shape index (κ3) is 456. The Labute approximate surface area is 120 Å². The molecular formula is C6H6MoO12-6. The van der Waals surface area contributed by atoms with Gasteiger partial charge in [0.1, 0.15) is 0 Å². The minimum Gasteiger partial charge on any atom is -0.665 e.